The van der Waals surface area contributed by atoms with E-state index in [9.17, 15) is 45.6 Å². The van der Waals surface area contributed by atoms with Crippen molar-refractivity contribution in [3.8, 4) is 22.8 Å². The average Bonchev–Trinajstić information content (AvgIpc) is 3.21. The predicted octanol–water partition coefficient (Wildman–Crippen LogP) is -1.15. The molecule has 2 saturated heterocycles. The minimum atomic E-state index is -1.95. The first kappa shape index (κ1) is 27.5. The molecule has 2 fully saturated rings. The van der Waals surface area contributed by atoms with Gasteiger partial charge < -0.3 is 59.5 Å². The molecule has 3 aromatic rings. The van der Waals surface area contributed by atoms with Crippen molar-refractivity contribution in [2.45, 2.75) is 48.5 Å². The summed E-state index contributed by atoms with van der Waals surface area (Å²) in [6.07, 6.45) is -11.1. The van der Waals surface area contributed by atoms with Gasteiger partial charge in [0.05, 0.1) is 30.8 Å². The van der Waals surface area contributed by atoms with E-state index in [1.165, 1.54) is 42.5 Å². The summed E-state index contributed by atoms with van der Waals surface area (Å²) in [7, 11) is 0. The number of benzene rings is 2. The van der Waals surface area contributed by atoms with E-state index in [-0.39, 0.29) is 28.0 Å². The smallest absolute Gasteiger partial charge is 0.193 e. The molecule has 0 spiro atoms. The molecule has 13 heteroatoms. The number of aromatic hydroxyl groups is 2. The van der Waals surface area contributed by atoms with Crippen molar-refractivity contribution < 1.29 is 59.5 Å². The Kier molecular flexibility index (Phi) is 7.37. The molecular weight excluding hydrogens is 520 g/mol. The van der Waals surface area contributed by atoms with E-state index in [2.05, 4.69) is 0 Å². The van der Waals surface area contributed by atoms with Crippen LogP contribution < -0.4 is 5.43 Å². The van der Waals surface area contributed by atoms with Crippen LogP contribution in [0.1, 0.15) is 11.7 Å². The Hall–Kier alpha value is -3.11. The van der Waals surface area contributed by atoms with E-state index < -0.39 is 79.5 Å². The maximum Gasteiger partial charge on any atom is 0.193 e. The van der Waals surface area contributed by atoms with Crippen LogP contribution >= 0.6 is 0 Å². The SMILES string of the molecule is O=c1cc(-c2ccc(O)cc2)oc2c([C@@H]3O[C@H](CO[C@@H]4OC[C@](O)(CO)[C@H]4O)[C@@H](O)[C@H](O)[C@H]3O)c(O)ccc12. The maximum absolute atomic E-state index is 12.9. The summed E-state index contributed by atoms with van der Waals surface area (Å²) in [5.74, 6) is -0.339. The number of hydrogen-bond donors (Lipinski definition) is 8. The van der Waals surface area contributed by atoms with Crippen molar-refractivity contribution >= 4 is 11.0 Å². The molecule has 2 aliphatic rings. The first-order valence-corrected chi connectivity index (χ1v) is 12.1. The molecule has 13 nitrogen and oxygen atoms in total. The standard InChI is InChI=1S/C26H28O13/c27-9-26(35)10-37-25(24(26)34)36-8-17-19(31)20(32)21(33)23(39-17)18-14(29)6-5-13-15(30)7-16(38-22(13)18)11-1-3-12(28)4-2-11/h1-7,17,19-21,23-25,27-29,31-35H,8-10H2/t17-,19-,20+,21-,23+,24+,25-,26-/m1/s1. The van der Waals surface area contributed by atoms with Gasteiger partial charge in [-0.05, 0) is 36.4 Å². The van der Waals surface area contributed by atoms with Crippen molar-refractivity contribution in [2.75, 3.05) is 19.8 Å². The summed E-state index contributed by atoms with van der Waals surface area (Å²) in [4.78, 5) is 12.9. The number of rotatable bonds is 6. The van der Waals surface area contributed by atoms with Gasteiger partial charge in [0.25, 0.3) is 0 Å². The van der Waals surface area contributed by atoms with Crippen LogP contribution in [0.2, 0.25) is 0 Å². The number of fused-ring (bicyclic) bond motifs is 1. The highest BCUT2D eigenvalue weighted by Gasteiger charge is 2.50. The van der Waals surface area contributed by atoms with Gasteiger partial charge in [-0.2, -0.15) is 0 Å². The normalized spacial score (nSPS) is 33.0. The molecule has 0 aliphatic carbocycles. The Balaban J connectivity index is 1.49. The van der Waals surface area contributed by atoms with Crippen LogP contribution in [0.15, 0.2) is 51.7 Å². The Morgan fingerprint density at radius 1 is 0.974 bits per heavy atom. The van der Waals surface area contributed by atoms with Crippen LogP contribution in [-0.2, 0) is 14.2 Å². The fourth-order valence-electron chi connectivity index (χ4n) is 4.72. The van der Waals surface area contributed by atoms with Gasteiger partial charge in [0.15, 0.2) is 11.7 Å². The molecule has 0 unspecified atom stereocenters. The van der Waals surface area contributed by atoms with E-state index in [0.29, 0.717) is 5.56 Å². The molecular formula is C26H28O13. The van der Waals surface area contributed by atoms with E-state index in [1.807, 2.05) is 0 Å². The van der Waals surface area contributed by atoms with Crippen molar-refractivity contribution in [2.24, 2.45) is 0 Å². The van der Waals surface area contributed by atoms with E-state index in [0.717, 1.165) is 0 Å². The van der Waals surface area contributed by atoms with E-state index in [4.69, 9.17) is 18.6 Å². The van der Waals surface area contributed by atoms with Gasteiger partial charge in [0.1, 0.15) is 65.1 Å². The van der Waals surface area contributed by atoms with Gasteiger partial charge in [-0.1, -0.05) is 0 Å². The molecule has 0 bridgehead atoms. The lowest BCUT2D eigenvalue weighted by Crippen LogP contribution is -2.56. The van der Waals surface area contributed by atoms with Gasteiger partial charge in [-0.15, -0.1) is 0 Å². The largest absolute Gasteiger partial charge is 0.508 e. The summed E-state index contributed by atoms with van der Waals surface area (Å²) in [6, 6.07) is 9.56. The second kappa shape index (κ2) is 10.5. The quantitative estimate of drug-likeness (QED) is 0.183. The van der Waals surface area contributed by atoms with Gasteiger partial charge in [0.2, 0.25) is 0 Å². The van der Waals surface area contributed by atoms with Crippen LogP contribution in [0.3, 0.4) is 0 Å². The van der Waals surface area contributed by atoms with Crippen molar-refractivity contribution in [3.05, 3.63) is 58.3 Å². The number of aliphatic hydroxyl groups is 6. The molecule has 2 aromatic carbocycles. The molecule has 210 valence electrons. The molecule has 8 atom stereocenters. The molecule has 1 aromatic heterocycles. The van der Waals surface area contributed by atoms with Crippen molar-refractivity contribution in [3.63, 3.8) is 0 Å². The van der Waals surface area contributed by atoms with Crippen LogP contribution in [0.5, 0.6) is 11.5 Å². The molecule has 8 N–H and O–H groups in total. The molecule has 3 heterocycles. The second-order valence-electron chi connectivity index (χ2n) is 9.68. The summed E-state index contributed by atoms with van der Waals surface area (Å²) in [6.45, 7) is -1.71. The number of phenolic OH excluding ortho intramolecular Hbond substituents is 2. The maximum atomic E-state index is 12.9. The fraction of sp³-hybridized carbons (Fsp3) is 0.423. The third-order valence-electron chi connectivity index (χ3n) is 7.07. The molecule has 0 saturated carbocycles. The predicted molar refractivity (Wildman–Crippen MR) is 131 cm³/mol. The third-order valence-corrected chi connectivity index (χ3v) is 7.07. The monoisotopic (exact) mass is 548 g/mol. The van der Waals surface area contributed by atoms with Crippen LogP contribution in [0.4, 0.5) is 0 Å². The van der Waals surface area contributed by atoms with Crippen LogP contribution in [-0.4, -0.2) is 103 Å². The van der Waals surface area contributed by atoms with Crippen LogP contribution in [0.25, 0.3) is 22.3 Å². The number of phenols is 2. The second-order valence-corrected chi connectivity index (χ2v) is 9.68. The molecule has 2 aliphatic heterocycles. The van der Waals surface area contributed by atoms with Crippen molar-refractivity contribution in [1.29, 1.82) is 0 Å². The number of aliphatic hydroxyl groups excluding tert-OH is 5. The lowest BCUT2D eigenvalue weighted by atomic mass is 9.90. The van der Waals surface area contributed by atoms with E-state index >= 15 is 0 Å². The lowest BCUT2D eigenvalue weighted by molar-refractivity contribution is -0.252. The van der Waals surface area contributed by atoms with E-state index in [1.54, 1.807) is 0 Å². The zero-order valence-electron chi connectivity index (χ0n) is 20.3. The Labute approximate surface area is 220 Å². The summed E-state index contributed by atoms with van der Waals surface area (Å²) in [5, 5.41) is 82.0. The van der Waals surface area contributed by atoms with Gasteiger partial charge >= 0.3 is 0 Å². The van der Waals surface area contributed by atoms with Crippen LogP contribution in [0, 0.1) is 0 Å². The highest BCUT2D eigenvalue weighted by molar-refractivity contribution is 5.84. The van der Waals surface area contributed by atoms with Gasteiger partial charge in [-0.3, -0.25) is 4.79 Å². The number of ether oxygens (including phenoxy) is 3. The summed E-state index contributed by atoms with van der Waals surface area (Å²) in [5.41, 5.74) is -2.29. The highest BCUT2D eigenvalue weighted by Crippen LogP contribution is 2.41. The lowest BCUT2D eigenvalue weighted by Gasteiger charge is -2.41. The summed E-state index contributed by atoms with van der Waals surface area (Å²) >= 11 is 0. The third kappa shape index (κ3) is 4.89. The molecule has 5 rings (SSSR count). The molecule has 0 radical (unpaired) electrons. The average molecular weight is 548 g/mol. The fourth-order valence-corrected chi connectivity index (χ4v) is 4.72. The molecule has 39 heavy (non-hydrogen) atoms. The number of hydrogen-bond acceptors (Lipinski definition) is 13. The zero-order chi connectivity index (χ0) is 28.1. The first-order valence-electron chi connectivity index (χ1n) is 12.1. The first-order chi connectivity index (χ1) is 18.5. The zero-order valence-corrected chi connectivity index (χ0v) is 20.3. The minimum Gasteiger partial charge on any atom is -0.508 e. The Morgan fingerprint density at radius 2 is 1.69 bits per heavy atom. The Morgan fingerprint density at radius 3 is 2.36 bits per heavy atom. The minimum absolute atomic E-state index is 0.00341. The molecule has 0 amide bonds. The van der Waals surface area contributed by atoms with Gasteiger partial charge in [-0.25, -0.2) is 0 Å². The topological polar surface area (TPSA) is 220 Å². The Bertz CT molecular complexity index is 1390. The van der Waals surface area contributed by atoms with Gasteiger partial charge in [0, 0.05) is 11.6 Å². The summed E-state index contributed by atoms with van der Waals surface area (Å²) < 4.78 is 22.4. The van der Waals surface area contributed by atoms with Crippen molar-refractivity contribution in [1.82, 2.24) is 0 Å². The highest BCUT2D eigenvalue weighted by atomic mass is 16.7.